The predicted molar refractivity (Wildman–Crippen MR) is 120 cm³/mol. The minimum absolute atomic E-state index is 0.0302. The molecule has 0 spiro atoms. The lowest BCUT2D eigenvalue weighted by Crippen LogP contribution is -2.37. The monoisotopic (exact) mass is 491 g/mol. The number of anilines is 1. The van der Waals surface area contributed by atoms with Gasteiger partial charge in [0.05, 0.1) is 16.1 Å². The summed E-state index contributed by atoms with van der Waals surface area (Å²) in [6.45, 7) is 1.19. The lowest BCUT2D eigenvalue weighted by atomic mass is 10.0. The van der Waals surface area contributed by atoms with Crippen molar-refractivity contribution in [1.29, 1.82) is 0 Å². The molecule has 0 bridgehead atoms. The Morgan fingerprint density at radius 2 is 1.79 bits per heavy atom. The molecule has 2 aliphatic heterocycles. The van der Waals surface area contributed by atoms with Crippen molar-refractivity contribution in [2.24, 2.45) is 0 Å². The van der Waals surface area contributed by atoms with Crippen molar-refractivity contribution in [3.8, 4) is 0 Å². The Morgan fingerprint density at radius 1 is 1.03 bits per heavy atom. The molecule has 34 heavy (non-hydrogen) atoms. The second kappa shape index (κ2) is 8.62. The van der Waals surface area contributed by atoms with Gasteiger partial charge in [-0.05, 0) is 49.4 Å². The molecular weight excluding hydrogens is 468 g/mol. The summed E-state index contributed by atoms with van der Waals surface area (Å²) >= 11 is 0. The van der Waals surface area contributed by atoms with Crippen molar-refractivity contribution >= 4 is 32.7 Å². The Kier molecular flexibility index (Phi) is 5.76. The molecule has 3 aromatic rings. The molecule has 3 heterocycles. The zero-order valence-corrected chi connectivity index (χ0v) is 19.1. The van der Waals surface area contributed by atoms with E-state index in [2.05, 4.69) is 0 Å². The summed E-state index contributed by atoms with van der Waals surface area (Å²) in [5.41, 5.74) is 1.00. The van der Waals surface area contributed by atoms with Crippen LogP contribution in [-0.4, -0.2) is 42.8 Å². The van der Waals surface area contributed by atoms with Gasteiger partial charge in [-0.25, -0.2) is 22.0 Å². The number of amides is 1. The molecule has 1 saturated heterocycles. The molecule has 1 fully saturated rings. The summed E-state index contributed by atoms with van der Waals surface area (Å²) in [5.74, 6) is -2.60. The van der Waals surface area contributed by atoms with Crippen molar-refractivity contribution in [1.82, 2.24) is 8.87 Å². The molecule has 0 radical (unpaired) electrons. The molecule has 2 aromatic carbocycles. The topological polar surface area (TPSA) is 92.8 Å². The summed E-state index contributed by atoms with van der Waals surface area (Å²) in [6, 6.07) is 6.24. The third kappa shape index (κ3) is 3.92. The van der Waals surface area contributed by atoms with E-state index in [4.69, 9.17) is 4.42 Å². The minimum atomic E-state index is -3.67. The maximum absolute atomic E-state index is 14.4. The molecule has 0 unspecified atom stereocenters. The van der Waals surface area contributed by atoms with Crippen molar-refractivity contribution < 1.29 is 26.4 Å². The number of nitrogens with zero attached hydrogens (tertiary/aromatic N) is 3. The Bertz CT molecular complexity index is 1440. The van der Waals surface area contributed by atoms with Gasteiger partial charge in [-0.2, -0.15) is 4.31 Å². The Hall–Kier alpha value is -3.05. The fourth-order valence-corrected chi connectivity index (χ4v) is 6.27. The van der Waals surface area contributed by atoms with E-state index in [1.54, 1.807) is 0 Å². The number of oxazole rings is 1. The number of fused-ring (bicyclic) bond motifs is 2. The van der Waals surface area contributed by atoms with Crippen LogP contribution in [0.1, 0.15) is 31.2 Å². The van der Waals surface area contributed by atoms with Gasteiger partial charge in [0.15, 0.2) is 5.58 Å². The number of hydrogen-bond donors (Lipinski definition) is 0. The van der Waals surface area contributed by atoms with Gasteiger partial charge < -0.3 is 9.32 Å². The van der Waals surface area contributed by atoms with Gasteiger partial charge in [-0.15, -0.1) is 0 Å². The maximum atomic E-state index is 14.4. The summed E-state index contributed by atoms with van der Waals surface area (Å²) in [7, 11) is -3.67. The Balaban J connectivity index is 1.38. The average molecular weight is 492 g/mol. The van der Waals surface area contributed by atoms with E-state index in [0.717, 1.165) is 18.9 Å². The molecule has 1 aromatic heterocycles. The van der Waals surface area contributed by atoms with E-state index in [-0.39, 0.29) is 29.1 Å². The molecule has 180 valence electrons. The summed E-state index contributed by atoms with van der Waals surface area (Å²) in [6.07, 6.45) is 2.55. The van der Waals surface area contributed by atoms with Crippen LogP contribution in [-0.2, 0) is 27.8 Å². The molecule has 2 aliphatic rings. The van der Waals surface area contributed by atoms with Crippen molar-refractivity contribution in [3.05, 3.63) is 58.1 Å². The van der Waals surface area contributed by atoms with Crippen molar-refractivity contribution in [2.75, 3.05) is 24.5 Å². The molecule has 1 amide bonds. The first-order valence-corrected chi connectivity index (χ1v) is 12.6. The van der Waals surface area contributed by atoms with Crippen LogP contribution in [0.5, 0.6) is 0 Å². The number of aromatic nitrogens is 1. The molecule has 0 N–H and O–H groups in total. The average Bonchev–Trinajstić information content (AvgIpc) is 3.44. The van der Waals surface area contributed by atoms with Gasteiger partial charge in [0.1, 0.15) is 11.6 Å². The van der Waals surface area contributed by atoms with Gasteiger partial charge >= 0.3 is 5.76 Å². The first-order valence-electron chi connectivity index (χ1n) is 11.2. The summed E-state index contributed by atoms with van der Waals surface area (Å²) in [5, 5.41) is 0. The van der Waals surface area contributed by atoms with Gasteiger partial charge in [-0.3, -0.25) is 9.36 Å². The first-order chi connectivity index (χ1) is 16.3. The number of benzene rings is 2. The number of carbonyl (C=O) groups excluding carboxylic acids is 1. The highest BCUT2D eigenvalue weighted by Crippen LogP contribution is 2.31. The van der Waals surface area contributed by atoms with E-state index in [1.165, 1.54) is 38.0 Å². The number of hydrogen-bond acceptors (Lipinski definition) is 5. The van der Waals surface area contributed by atoms with Crippen LogP contribution in [0, 0.1) is 11.6 Å². The zero-order chi connectivity index (χ0) is 24.0. The standard InChI is InChI=1S/C23H23F2N3O5S/c24-16-12-15-4-3-10-28(22(15)18(25)13-16)21(29)7-11-27-19-6-5-17(14-20(19)33-23(27)30)34(31,32)26-8-1-2-9-26/h5-6,12-14H,1-4,7-11H2. The molecule has 0 saturated carbocycles. The second-order valence-electron chi connectivity index (χ2n) is 8.55. The van der Waals surface area contributed by atoms with E-state index in [9.17, 15) is 26.8 Å². The van der Waals surface area contributed by atoms with Crippen LogP contribution in [0.4, 0.5) is 14.5 Å². The molecule has 0 aliphatic carbocycles. The number of halogens is 2. The molecular formula is C23H23F2N3O5S. The Labute approximate surface area is 194 Å². The van der Waals surface area contributed by atoms with Crippen LogP contribution in [0.3, 0.4) is 0 Å². The first kappa shape index (κ1) is 22.7. The molecule has 8 nitrogen and oxygen atoms in total. The van der Waals surface area contributed by atoms with E-state index in [0.29, 0.717) is 43.6 Å². The number of carbonyl (C=O) groups is 1. The minimum Gasteiger partial charge on any atom is -0.408 e. The number of sulfonamides is 1. The largest absolute Gasteiger partial charge is 0.419 e. The summed E-state index contributed by atoms with van der Waals surface area (Å²) in [4.78, 5) is 26.7. The van der Waals surface area contributed by atoms with Gasteiger partial charge in [0.25, 0.3) is 0 Å². The van der Waals surface area contributed by atoms with Crippen molar-refractivity contribution in [2.45, 2.75) is 43.5 Å². The highest BCUT2D eigenvalue weighted by Gasteiger charge is 2.29. The number of aryl methyl sites for hydroxylation is 2. The van der Waals surface area contributed by atoms with Crippen LogP contribution < -0.4 is 10.7 Å². The van der Waals surface area contributed by atoms with Crippen molar-refractivity contribution in [3.63, 3.8) is 0 Å². The van der Waals surface area contributed by atoms with Crippen LogP contribution in [0.2, 0.25) is 0 Å². The quantitative estimate of drug-likeness (QED) is 0.547. The third-order valence-corrected chi connectivity index (χ3v) is 8.29. The smallest absolute Gasteiger partial charge is 0.408 e. The zero-order valence-electron chi connectivity index (χ0n) is 18.3. The molecule has 0 atom stereocenters. The highest BCUT2D eigenvalue weighted by atomic mass is 32.2. The Morgan fingerprint density at radius 3 is 2.56 bits per heavy atom. The van der Waals surface area contributed by atoms with Gasteiger partial charge in [0.2, 0.25) is 15.9 Å². The lowest BCUT2D eigenvalue weighted by Gasteiger charge is -2.30. The second-order valence-corrected chi connectivity index (χ2v) is 10.5. The van der Waals surface area contributed by atoms with Crippen LogP contribution in [0.15, 0.2) is 44.4 Å². The van der Waals surface area contributed by atoms with E-state index in [1.807, 2.05) is 0 Å². The van der Waals surface area contributed by atoms with Crippen LogP contribution in [0.25, 0.3) is 11.1 Å². The molecule has 11 heteroatoms. The molecule has 5 rings (SSSR count). The van der Waals surface area contributed by atoms with Crippen LogP contribution >= 0.6 is 0 Å². The maximum Gasteiger partial charge on any atom is 0.419 e. The normalized spacial score (nSPS) is 16.8. The van der Waals surface area contributed by atoms with Gasteiger partial charge in [-0.1, -0.05) is 0 Å². The van der Waals surface area contributed by atoms with Gasteiger partial charge in [0, 0.05) is 44.7 Å². The summed E-state index contributed by atoms with van der Waals surface area (Å²) < 4.78 is 61.5. The van der Waals surface area contributed by atoms with E-state index >= 15 is 0 Å². The number of rotatable bonds is 5. The fourth-order valence-electron chi connectivity index (χ4n) is 4.74. The highest BCUT2D eigenvalue weighted by molar-refractivity contribution is 7.89. The predicted octanol–water partition coefficient (Wildman–Crippen LogP) is 3.03. The third-order valence-electron chi connectivity index (χ3n) is 6.40. The SMILES string of the molecule is O=C(CCn1c(=O)oc2cc(S(=O)(=O)N3CCCC3)ccc21)N1CCCc2cc(F)cc(F)c21. The lowest BCUT2D eigenvalue weighted by molar-refractivity contribution is -0.119. The van der Waals surface area contributed by atoms with E-state index < -0.39 is 33.3 Å². The fraction of sp³-hybridized carbons (Fsp3) is 0.391.